The lowest BCUT2D eigenvalue weighted by atomic mass is 9.93. The Bertz CT molecular complexity index is 1460. The van der Waals surface area contributed by atoms with Crippen molar-refractivity contribution in [3.63, 3.8) is 0 Å². The van der Waals surface area contributed by atoms with Gasteiger partial charge in [0.05, 0.1) is 24.2 Å². The zero-order chi connectivity index (χ0) is 26.7. The maximum absolute atomic E-state index is 11.8. The summed E-state index contributed by atoms with van der Waals surface area (Å²) in [4.78, 5) is 20.6. The van der Waals surface area contributed by atoms with Crippen molar-refractivity contribution in [2.24, 2.45) is 5.92 Å². The van der Waals surface area contributed by atoms with Gasteiger partial charge in [-0.05, 0) is 41.3 Å². The van der Waals surface area contributed by atoms with Gasteiger partial charge in [-0.3, -0.25) is 9.69 Å². The van der Waals surface area contributed by atoms with Crippen LogP contribution in [-0.2, 0) is 13.0 Å². The van der Waals surface area contributed by atoms with Gasteiger partial charge in [-0.25, -0.2) is 4.98 Å². The molecule has 0 bridgehead atoms. The molecule has 2 aromatic carbocycles. The van der Waals surface area contributed by atoms with E-state index in [1.54, 1.807) is 6.20 Å². The van der Waals surface area contributed by atoms with Crippen molar-refractivity contribution in [1.82, 2.24) is 20.2 Å². The van der Waals surface area contributed by atoms with E-state index in [9.17, 15) is 9.90 Å². The highest BCUT2D eigenvalue weighted by atomic mass is 16.3. The van der Waals surface area contributed by atoms with Gasteiger partial charge in [0.2, 0.25) is 5.75 Å². The van der Waals surface area contributed by atoms with Gasteiger partial charge in [-0.1, -0.05) is 36.1 Å². The summed E-state index contributed by atoms with van der Waals surface area (Å²) in [5.74, 6) is 6.44. The van der Waals surface area contributed by atoms with E-state index in [-0.39, 0.29) is 11.7 Å². The van der Waals surface area contributed by atoms with Crippen LogP contribution >= 0.6 is 0 Å². The normalized spacial score (nSPS) is 14.1. The van der Waals surface area contributed by atoms with Crippen molar-refractivity contribution in [1.29, 1.82) is 10.5 Å². The van der Waals surface area contributed by atoms with Crippen molar-refractivity contribution in [2.45, 2.75) is 25.3 Å². The third-order valence-corrected chi connectivity index (χ3v) is 6.49. The van der Waals surface area contributed by atoms with E-state index in [0.29, 0.717) is 31.0 Å². The van der Waals surface area contributed by atoms with Crippen LogP contribution in [0.1, 0.15) is 40.3 Å². The van der Waals surface area contributed by atoms with Crippen LogP contribution < -0.4 is 10.9 Å². The first-order chi connectivity index (χ1) is 18.6. The highest BCUT2D eigenvalue weighted by Gasteiger charge is 2.25. The molecule has 1 unspecified atom stereocenters. The molecule has 1 aromatic heterocycles. The van der Waals surface area contributed by atoms with Crippen molar-refractivity contribution in [3.8, 4) is 29.7 Å². The highest BCUT2D eigenvalue weighted by molar-refractivity contribution is 5.44. The van der Waals surface area contributed by atoms with E-state index >= 15 is 0 Å². The van der Waals surface area contributed by atoms with Gasteiger partial charge in [0.25, 0.3) is 5.56 Å². The molecule has 38 heavy (non-hydrogen) atoms. The molecule has 1 aliphatic rings. The van der Waals surface area contributed by atoms with E-state index in [1.807, 2.05) is 42.5 Å². The smallest absolute Gasteiger partial charge is 0.293 e. The fraction of sp³-hybridized carbons (Fsp3) is 0.267. The van der Waals surface area contributed by atoms with Gasteiger partial charge in [0, 0.05) is 68.3 Å². The van der Waals surface area contributed by atoms with Crippen molar-refractivity contribution >= 4 is 0 Å². The summed E-state index contributed by atoms with van der Waals surface area (Å²) in [5.41, 5.74) is 3.77. The SMILES string of the molecule is N#CC=CNCC(Cc1nc[nH]c(=O)c1O)c1ccc(C#Cc2ccc(CN3CC(CC#N)C3)cc2)cc1. The van der Waals surface area contributed by atoms with E-state index in [0.717, 1.165) is 36.3 Å². The molecule has 0 radical (unpaired) electrons. The van der Waals surface area contributed by atoms with Gasteiger partial charge in [0.15, 0.2) is 0 Å². The van der Waals surface area contributed by atoms with Gasteiger partial charge in [-0.15, -0.1) is 0 Å². The number of aromatic nitrogens is 2. The number of hydrogen-bond acceptors (Lipinski definition) is 7. The Hall–Kier alpha value is -4.84. The lowest BCUT2D eigenvalue weighted by Crippen LogP contribution is -2.45. The summed E-state index contributed by atoms with van der Waals surface area (Å²) in [7, 11) is 0. The van der Waals surface area contributed by atoms with Gasteiger partial charge in [-0.2, -0.15) is 10.5 Å². The maximum Gasteiger partial charge on any atom is 0.293 e. The van der Waals surface area contributed by atoms with Crippen molar-refractivity contribution in [2.75, 3.05) is 19.6 Å². The monoisotopic (exact) mass is 504 g/mol. The molecule has 0 spiro atoms. The number of aromatic hydroxyl groups is 1. The number of nitriles is 2. The molecule has 1 fully saturated rings. The maximum atomic E-state index is 11.8. The molecule has 1 aliphatic heterocycles. The fourth-order valence-electron chi connectivity index (χ4n) is 4.43. The molecule has 0 aliphatic carbocycles. The quantitative estimate of drug-likeness (QED) is 0.302. The standard InChI is InChI=1S/C30H28N6O2/c31-13-1-15-33-17-27(16-28-29(37)30(38)35-21-34-28)26-10-8-23(9-11-26)3-2-22-4-6-24(7-5-22)18-36-19-25(20-36)12-14-32/h1,4-11,15,21,25,27,33,37H,12,16-20H2,(H,34,35,38). The van der Waals surface area contributed by atoms with Crippen LogP contribution in [0.2, 0.25) is 0 Å². The molecule has 0 amide bonds. The molecule has 190 valence electrons. The van der Waals surface area contributed by atoms with E-state index in [2.05, 4.69) is 50.2 Å². The molecule has 3 aromatic rings. The Kier molecular flexibility index (Phi) is 8.92. The van der Waals surface area contributed by atoms with Gasteiger partial charge < -0.3 is 15.4 Å². The summed E-state index contributed by atoms with van der Waals surface area (Å²) in [6.45, 7) is 3.35. The minimum absolute atomic E-state index is 0.102. The van der Waals surface area contributed by atoms with Crippen molar-refractivity contribution in [3.05, 3.63) is 105 Å². The van der Waals surface area contributed by atoms with Crippen LogP contribution in [-0.4, -0.2) is 39.6 Å². The Morgan fingerprint density at radius 3 is 2.45 bits per heavy atom. The summed E-state index contributed by atoms with van der Waals surface area (Å²) in [6.07, 6.45) is 5.18. The van der Waals surface area contributed by atoms with Crippen molar-refractivity contribution < 1.29 is 5.11 Å². The summed E-state index contributed by atoms with van der Waals surface area (Å²) < 4.78 is 0. The molecular formula is C30H28N6O2. The van der Waals surface area contributed by atoms with Gasteiger partial charge >= 0.3 is 0 Å². The number of likely N-dealkylation sites (tertiary alicyclic amines) is 1. The molecule has 2 heterocycles. The predicted octanol–water partition coefficient (Wildman–Crippen LogP) is 3.17. The minimum Gasteiger partial charge on any atom is -0.502 e. The van der Waals surface area contributed by atoms with Crippen LogP contribution in [0.15, 0.2) is 71.9 Å². The molecular weight excluding hydrogens is 476 g/mol. The van der Waals surface area contributed by atoms with Crippen LogP contribution in [0.4, 0.5) is 0 Å². The average molecular weight is 505 g/mol. The third-order valence-electron chi connectivity index (χ3n) is 6.49. The second kappa shape index (κ2) is 12.9. The third kappa shape index (κ3) is 7.11. The van der Waals surface area contributed by atoms with E-state index < -0.39 is 5.56 Å². The lowest BCUT2D eigenvalue weighted by molar-refractivity contribution is 0.0955. The van der Waals surface area contributed by atoms with Gasteiger partial charge in [0.1, 0.15) is 0 Å². The Labute approximate surface area is 221 Å². The summed E-state index contributed by atoms with van der Waals surface area (Å²) in [5, 5.41) is 30.7. The number of allylic oxidation sites excluding steroid dienone is 1. The Balaban J connectivity index is 1.40. The van der Waals surface area contributed by atoms with E-state index in [1.165, 1.54) is 18.0 Å². The zero-order valence-corrected chi connectivity index (χ0v) is 20.9. The topological polar surface area (TPSA) is 129 Å². The number of H-pyrrole nitrogens is 1. The van der Waals surface area contributed by atoms with Crippen LogP contribution in [0.5, 0.6) is 5.75 Å². The molecule has 0 saturated carbocycles. The molecule has 8 heteroatoms. The molecule has 1 atom stereocenters. The largest absolute Gasteiger partial charge is 0.502 e. The first-order valence-corrected chi connectivity index (χ1v) is 12.4. The number of aromatic amines is 1. The zero-order valence-electron chi connectivity index (χ0n) is 20.9. The van der Waals surface area contributed by atoms with Crippen LogP contribution in [0.3, 0.4) is 0 Å². The first-order valence-electron chi connectivity index (χ1n) is 12.4. The minimum atomic E-state index is -0.575. The number of nitrogens with zero attached hydrogens (tertiary/aromatic N) is 4. The predicted molar refractivity (Wildman–Crippen MR) is 144 cm³/mol. The fourth-order valence-corrected chi connectivity index (χ4v) is 4.43. The molecule has 8 nitrogen and oxygen atoms in total. The van der Waals surface area contributed by atoms with Crippen LogP contribution in [0, 0.1) is 40.4 Å². The summed E-state index contributed by atoms with van der Waals surface area (Å²) >= 11 is 0. The van der Waals surface area contributed by atoms with E-state index in [4.69, 9.17) is 10.5 Å². The lowest BCUT2D eigenvalue weighted by Gasteiger charge is -2.38. The highest BCUT2D eigenvalue weighted by Crippen LogP contribution is 2.23. The Morgan fingerprint density at radius 1 is 1.11 bits per heavy atom. The number of rotatable bonds is 9. The number of benzene rings is 2. The summed E-state index contributed by atoms with van der Waals surface area (Å²) in [6, 6.07) is 20.3. The Morgan fingerprint density at radius 2 is 1.79 bits per heavy atom. The molecule has 3 N–H and O–H groups in total. The van der Waals surface area contributed by atoms with Crippen LogP contribution in [0.25, 0.3) is 0 Å². The second-order valence-electron chi connectivity index (χ2n) is 9.29. The first kappa shape index (κ1) is 26.2. The molecule has 1 saturated heterocycles. The number of nitrogens with one attached hydrogen (secondary N) is 2. The average Bonchev–Trinajstić information content (AvgIpc) is 2.91. The second-order valence-corrected chi connectivity index (χ2v) is 9.29. The number of hydrogen-bond donors (Lipinski definition) is 3. The molecule has 4 rings (SSSR count).